The average molecular weight is 363 g/mol. The van der Waals surface area contributed by atoms with Crippen molar-refractivity contribution in [2.45, 2.75) is 20.3 Å². The molecule has 1 amide bonds. The number of thiocarbonyl (C=S) groups is 1. The zero-order chi connectivity index (χ0) is 18.5. The number of amides is 1. The molecule has 3 N–H and O–H groups in total. The Bertz CT molecular complexity index is 968. The quantitative estimate of drug-likeness (QED) is 0.479. The summed E-state index contributed by atoms with van der Waals surface area (Å²) in [7, 11) is 0. The topological polar surface area (TPSA) is 53.2 Å². The summed E-state index contributed by atoms with van der Waals surface area (Å²) in [5.41, 5.74) is 9.26. The van der Waals surface area contributed by atoms with Crippen LogP contribution in [0.15, 0.2) is 60.7 Å². The minimum atomic E-state index is -0.236. The molecule has 5 heteroatoms. The van der Waals surface area contributed by atoms with Crippen molar-refractivity contribution in [2.24, 2.45) is 0 Å². The Balaban J connectivity index is 1.64. The van der Waals surface area contributed by atoms with Crippen molar-refractivity contribution < 1.29 is 4.79 Å². The third-order valence-corrected chi connectivity index (χ3v) is 4.48. The number of para-hydroxylation sites is 1. The van der Waals surface area contributed by atoms with Gasteiger partial charge in [-0.3, -0.25) is 15.6 Å². The summed E-state index contributed by atoms with van der Waals surface area (Å²) in [5, 5.41) is 5.64. The Labute approximate surface area is 158 Å². The van der Waals surface area contributed by atoms with Gasteiger partial charge in [-0.2, -0.15) is 0 Å². The highest BCUT2D eigenvalue weighted by atomic mass is 32.1. The summed E-state index contributed by atoms with van der Waals surface area (Å²) >= 11 is 5.31. The molecule has 0 aliphatic rings. The highest BCUT2D eigenvalue weighted by Crippen LogP contribution is 2.21. The Morgan fingerprint density at radius 2 is 1.73 bits per heavy atom. The van der Waals surface area contributed by atoms with E-state index in [-0.39, 0.29) is 5.91 Å². The number of carbonyl (C=O) groups excluding carboxylic acids is 1. The van der Waals surface area contributed by atoms with Crippen LogP contribution in [0.2, 0.25) is 0 Å². The van der Waals surface area contributed by atoms with Gasteiger partial charge in [0.05, 0.1) is 0 Å². The van der Waals surface area contributed by atoms with Crippen LogP contribution in [0.5, 0.6) is 0 Å². The van der Waals surface area contributed by atoms with E-state index in [2.05, 4.69) is 29.2 Å². The van der Waals surface area contributed by atoms with Crippen LogP contribution in [-0.4, -0.2) is 11.0 Å². The summed E-state index contributed by atoms with van der Waals surface area (Å²) in [6.45, 7) is 4.12. The van der Waals surface area contributed by atoms with E-state index in [0.29, 0.717) is 10.7 Å². The van der Waals surface area contributed by atoms with Gasteiger partial charge in [0.25, 0.3) is 5.91 Å². The second-order valence-electron chi connectivity index (χ2n) is 6.06. The number of fused-ring (bicyclic) bond motifs is 1. The third kappa shape index (κ3) is 4.00. The summed E-state index contributed by atoms with van der Waals surface area (Å²) < 4.78 is 0. The summed E-state index contributed by atoms with van der Waals surface area (Å²) in [6.07, 6.45) is 0.899. The van der Waals surface area contributed by atoms with Gasteiger partial charge in [-0.15, -0.1) is 0 Å². The molecule has 0 atom stereocenters. The Kier molecular flexibility index (Phi) is 5.49. The molecule has 0 radical (unpaired) electrons. The van der Waals surface area contributed by atoms with Crippen LogP contribution < -0.4 is 16.2 Å². The van der Waals surface area contributed by atoms with Crippen LogP contribution in [0.1, 0.15) is 28.4 Å². The second-order valence-corrected chi connectivity index (χ2v) is 6.47. The Morgan fingerprint density at radius 3 is 2.50 bits per heavy atom. The zero-order valence-electron chi connectivity index (χ0n) is 14.8. The first-order valence-corrected chi connectivity index (χ1v) is 8.94. The maximum absolute atomic E-state index is 12.4. The van der Waals surface area contributed by atoms with E-state index < -0.39 is 0 Å². The average Bonchev–Trinajstić information content (AvgIpc) is 2.67. The maximum atomic E-state index is 12.4. The summed E-state index contributed by atoms with van der Waals surface area (Å²) in [4.78, 5) is 12.4. The Morgan fingerprint density at radius 1 is 0.962 bits per heavy atom. The molecule has 0 saturated heterocycles. The van der Waals surface area contributed by atoms with E-state index in [4.69, 9.17) is 12.2 Å². The molecule has 3 rings (SSSR count). The predicted octanol–water partition coefficient (Wildman–Crippen LogP) is 4.34. The molecule has 0 fully saturated rings. The number of carbonyl (C=O) groups is 1. The van der Waals surface area contributed by atoms with Crippen LogP contribution in [0.3, 0.4) is 0 Å². The highest BCUT2D eigenvalue weighted by molar-refractivity contribution is 7.80. The third-order valence-electron chi connectivity index (χ3n) is 4.28. The maximum Gasteiger partial charge on any atom is 0.269 e. The number of hydrogen-bond acceptors (Lipinski definition) is 2. The lowest BCUT2D eigenvalue weighted by molar-refractivity contribution is 0.0944. The number of hydrazine groups is 1. The molecule has 132 valence electrons. The first-order valence-electron chi connectivity index (χ1n) is 8.53. The fourth-order valence-electron chi connectivity index (χ4n) is 2.86. The molecular formula is C21H21N3OS. The first-order chi connectivity index (χ1) is 12.6. The lowest BCUT2D eigenvalue weighted by atomic mass is 10.1. The van der Waals surface area contributed by atoms with Gasteiger partial charge in [0.2, 0.25) is 0 Å². The highest BCUT2D eigenvalue weighted by Gasteiger charge is 2.09. The number of rotatable bonds is 3. The van der Waals surface area contributed by atoms with Crippen molar-refractivity contribution in [3.05, 3.63) is 77.4 Å². The number of nitrogens with one attached hydrogen (secondary N) is 3. The van der Waals surface area contributed by atoms with Gasteiger partial charge >= 0.3 is 0 Å². The molecule has 0 aliphatic heterocycles. The molecule has 0 saturated carbocycles. The van der Waals surface area contributed by atoms with Crippen LogP contribution in [0.25, 0.3) is 10.8 Å². The zero-order valence-corrected chi connectivity index (χ0v) is 15.6. The second kappa shape index (κ2) is 7.97. The van der Waals surface area contributed by atoms with E-state index in [1.54, 1.807) is 6.07 Å². The monoisotopic (exact) mass is 363 g/mol. The molecule has 4 nitrogen and oxygen atoms in total. The van der Waals surface area contributed by atoms with Gasteiger partial charge in [0.15, 0.2) is 5.11 Å². The molecule has 0 unspecified atom stereocenters. The van der Waals surface area contributed by atoms with Gasteiger partial charge < -0.3 is 5.32 Å². The van der Waals surface area contributed by atoms with E-state index in [1.807, 2.05) is 55.5 Å². The van der Waals surface area contributed by atoms with Crippen molar-refractivity contribution in [3.63, 3.8) is 0 Å². The molecule has 3 aromatic carbocycles. The fourth-order valence-corrected chi connectivity index (χ4v) is 3.02. The number of anilines is 1. The lowest BCUT2D eigenvalue weighted by Crippen LogP contribution is -2.43. The smallest absolute Gasteiger partial charge is 0.269 e. The lowest BCUT2D eigenvalue weighted by Gasteiger charge is -2.16. The minimum Gasteiger partial charge on any atom is -0.331 e. The molecule has 0 aromatic heterocycles. The molecule has 0 spiro atoms. The van der Waals surface area contributed by atoms with E-state index >= 15 is 0 Å². The van der Waals surface area contributed by atoms with Crippen LogP contribution in [0.4, 0.5) is 5.69 Å². The number of aryl methyl sites for hydroxylation is 2. The molecule has 0 bridgehead atoms. The SMILES string of the molecule is CCc1cccc(C)c1NC(=S)NNC(=O)c1ccc2ccccc2c1. The van der Waals surface area contributed by atoms with Crippen LogP contribution in [0, 0.1) is 6.92 Å². The van der Waals surface area contributed by atoms with Crippen molar-refractivity contribution in [2.75, 3.05) is 5.32 Å². The van der Waals surface area contributed by atoms with Gasteiger partial charge in [0, 0.05) is 11.3 Å². The van der Waals surface area contributed by atoms with Crippen molar-refractivity contribution in [1.82, 2.24) is 10.9 Å². The van der Waals surface area contributed by atoms with Crippen molar-refractivity contribution >= 4 is 39.7 Å². The normalized spacial score (nSPS) is 10.4. The van der Waals surface area contributed by atoms with Crippen LogP contribution >= 0.6 is 12.2 Å². The molecule has 3 aromatic rings. The summed E-state index contributed by atoms with van der Waals surface area (Å²) in [5.74, 6) is -0.236. The molecule has 0 aliphatic carbocycles. The first kappa shape index (κ1) is 17.9. The number of benzene rings is 3. The van der Waals surface area contributed by atoms with E-state index in [1.165, 1.54) is 5.56 Å². The minimum absolute atomic E-state index is 0.236. The predicted molar refractivity (Wildman–Crippen MR) is 111 cm³/mol. The molecule has 0 heterocycles. The van der Waals surface area contributed by atoms with E-state index in [9.17, 15) is 4.79 Å². The fraction of sp³-hybridized carbons (Fsp3) is 0.143. The standard InChI is InChI=1S/C21H21N3OS/c1-3-15-10-6-7-14(2)19(15)22-21(26)24-23-20(25)18-12-11-16-8-4-5-9-17(16)13-18/h4-13H,3H2,1-2H3,(H,23,25)(H2,22,24,26). The van der Waals surface area contributed by atoms with Crippen molar-refractivity contribution in [3.8, 4) is 0 Å². The van der Waals surface area contributed by atoms with E-state index in [0.717, 1.165) is 28.4 Å². The van der Waals surface area contributed by atoms with Gasteiger partial charge in [-0.1, -0.05) is 55.5 Å². The van der Waals surface area contributed by atoms with Crippen molar-refractivity contribution in [1.29, 1.82) is 0 Å². The van der Waals surface area contributed by atoms with Gasteiger partial charge in [0.1, 0.15) is 0 Å². The largest absolute Gasteiger partial charge is 0.331 e. The molecule has 26 heavy (non-hydrogen) atoms. The Hall–Kier alpha value is -2.92. The van der Waals surface area contributed by atoms with Crippen LogP contribution in [-0.2, 0) is 6.42 Å². The van der Waals surface area contributed by atoms with Gasteiger partial charge in [-0.25, -0.2) is 0 Å². The van der Waals surface area contributed by atoms with Gasteiger partial charge in [-0.05, 0) is 59.6 Å². The summed E-state index contributed by atoms with van der Waals surface area (Å²) in [6, 6.07) is 19.6. The molecular weight excluding hydrogens is 342 g/mol. The number of hydrogen-bond donors (Lipinski definition) is 3.